The van der Waals surface area contributed by atoms with Gasteiger partial charge in [-0.15, -0.1) is 11.3 Å². The van der Waals surface area contributed by atoms with Gasteiger partial charge < -0.3 is 4.90 Å². The van der Waals surface area contributed by atoms with Crippen LogP contribution in [-0.2, 0) is 13.2 Å². The molecule has 0 aromatic carbocycles. The first-order chi connectivity index (χ1) is 9.92. The Morgan fingerprint density at radius 3 is 2.71 bits per heavy atom. The fourth-order valence-corrected chi connectivity index (χ4v) is 3.95. The van der Waals surface area contributed by atoms with Gasteiger partial charge in [0.1, 0.15) is 17.3 Å². The Morgan fingerprint density at radius 1 is 1.43 bits per heavy atom. The number of aromatic nitrogens is 1. The molecule has 6 heteroatoms. The summed E-state index contributed by atoms with van der Waals surface area (Å²) in [5.74, 6) is 0. The topological polar surface area (TPSA) is 33.2 Å². The number of nitriles is 1. The van der Waals surface area contributed by atoms with Crippen molar-refractivity contribution in [3.05, 3.63) is 48.9 Å². The van der Waals surface area contributed by atoms with Crippen molar-refractivity contribution in [2.24, 2.45) is 0 Å². The van der Waals surface area contributed by atoms with Crippen LogP contribution in [0.15, 0.2) is 18.2 Å². The van der Waals surface area contributed by atoms with Crippen molar-refractivity contribution in [3.8, 4) is 6.07 Å². The Labute approximate surface area is 139 Å². The average molecular weight is 339 g/mol. The van der Waals surface area contributed by atoms with Crippen LogP contribution in [0.4, 0.5) is 0 Å². The number of rotatable bonds is 4. The standard InChI is InChI=1S/C15H16ClN3S2/c1-10-6-11(2)19(15(20)13(10)7-17)9-18(3)8-12-4-5-14(16)21-12/h4-6H,8-9H2,1-3H3/p+1. The molecule has 0 aliphatic rings. The van der Waals surface area contributed by atoms with Gasteiger partial charge in [0.25, 0.3) is 0 Å². The molecule has 1 atom stereocenters. The summed E-state index contributed by atoms with van der Waals surface area (Å²) in [6.45, 7) is 5.57. The van der Waals surface area contributed by atoms with E-state index in [1.165, 1.54) is 9.78 Å². The summed E-state index contributed by atoms with van der Waals surface area (Å²) in [4.78, 5) is 2.54. The summed E-state index contributed by atoms with van der Waals surface area (Å²) in [5.41, 5.74) is 2.63. The van der Waals surface area contributed by atoms with Crippen molar-refractivity contribution >= 4 is 35.2 Å². The van der Waals surface area contributed by atoms with Gasteiger partial charge in [0.05, 0.1) is 21.8 Å². The van der Waals surface area contributed by atoms with Crippen LogP contribution in [0.1, 0.15) is 21.7 Å². The Balaban J connectivity index is 2.23. The molecular weight excluding hydrogens is 322 g/mol. The Hall–Kier alpha value is -1.19. The summed E-state index contributed by atoms with van der Waals surface area (Å²) in [7, 11) is 2.11. The predicted octanol–water partition coefficient (Wildman–Crippen LogP) is 3.09. The molecule has 0 fully saturated rings. The molecule has 1 unspecified atom stereocenters. The molecule has 0 aliphatic heterocycles. The quantitative estimate of drug-likeness (QED) is 0.869. The van der Waals surface area contributed by atoms with Crippen LogP contribution in [-0.4, -0.2) is 11.6 Å². The van der Waals surface area contributed by atoms with E-state index in [0.29, 0.717) is 10.2 Å². The molecule has 2 rings (SSSR count). The summed E-state index contributed by atoms with van der Waals surface area (Å²) in [5, 5.41) is 9.24. The highest BCUT2D eigenvalue weighted by Gasteiger charge is 2.12. The second kappa shape index (κ2) is 6.71. The van der Waals surface area contributed by atoms with Gasteiger partial charge in [-0.1, -0.05) is 23.8 Å². The van der Waals surface area contributed by atoms with E-state index in [1.807, 2.05) is 30.5 Å². The maximum atomic E-state index is 9.24. The fourth-order valence-electron chi connectivity index (χ4n) is 2.33. The summed E-state index contributed by atoms with van der Waals surface area (Å²) in [6.07, 6.45) is 0. The molecule has 21 heavy (non-hydrogen) atoms. The molecule has 0 radical (unpaired) electrons. The lowest BCUT2D eigenvalue weighted by molar-refractivity contribution is -0.916. The molecule has 2 heterocycles. The Morgan fingerprint density at radius 2 is 2.14 bits per heavy atom. The van der Waals surface area contributed by atoms with Crippen LogP contribution in [0.2, 0.25) is 4.34 Å². The minimum absolute atomic E-state index is 0.600. The minimum atomic E-state index is 0.600. The zero-order valence-corrected chi connectivity index (χ0v) is 14.6. The monoisotopic (exact) mass is 338 g/mol. The average Bonchev–Trinajstić information content (AvgIpc) is 2.80. The molecule has 0 spiro atoms. The third-order valence-electron chi connectivity index (χ3n) is 3.35. The molecule has 0 amide bonds. The maximum absolute atomic E-state index is 9.24. The molecular formula is C15H17ClN3S2+. The lowest BCUT2D eigenvalue weighted by Crippen LogP contribution is -3.06. The molecule has 0 aliphatic carbocycles. The zero-order valence-electron chi connectivity index (χ0n) is 12.2. The highest BCUT2D eigenvalue weighted by molar-refractivity contribution is 7.71. The third kappa shape index (κ3) is 3.72. The molecule has 3 nitrogen and oxygen atoms in total. The second-order valence-corrected chi connectivity index (χ2v) is 7.37. The molecule has 0 saturated carbocycles. The van der Waals surface area contributed by atoms with Crippen LogP contribution in [0.5, 0.6) is 0 Å². The number of pyridine rings is 1. The number of hydrogen-bond donors (Lipinski definition) is 1. The first-order valence-corrected chi connectivity index (χ1v) is 8.19. The van der Waals surface area contributed by atoms with Crippen LogP contribution in [0, 0.1) is 29.8 Å². The van der Waals surface area contributed by atoms with Crippen LogP contribution in [0.25, 0.3) is 0 Å². The lowest BCUT2D eigenvalue weighted by Gasteiger charge is -2.18. The molecule has 0 bridgehead atoms. The summed E-state index contributed by atoms with van der Waals surface area (Å²) < 4.78 is 3.47. The van der Waals surface area contributed by atoms with Crippen LogP contribution in [0.3, 0.4) is 0 Å². The van der Waals surface area contributed by atoms with E-state index in [-0.39, 0.29) is 0 Å². The SMILES string of the molecule is Cc1cc(C)n(C[NH+](C)Cc2ccc(Cl)s2)c(=S)c1C#N. The van der Waals surface area contributed by atoms with Crippen molar-refractivity contribution in [1.82, 2.24) is 4.57 Å². The van der Waals surface area contributed by atoms with Gasteiger partial charge in [-0.3, -0.25) is 4.57 Å². The van der Waals surface area contributed by atoms with Gasteiger partial charge in [0.2, 0.25) is 0 Å². The zero-order chi connectivity index (χ0) is 15.6. The van der Waals surface area contributed by atoms with Gasteiger partial charge in [-0.25, -0.2) is 0 Å². The highest BCUT2D eigenvalue weighted by Crippen LogP contribution is 2.20. The number of aryl methyl sites for hydroxylation is 2. The Kier molecular flexibility index (Phi) is 5.17. The Bertz CT molecular complexity index is 755. The number of halogens is 1. The van der Waals surface area contributed by atoms with E-state index in [1.54, 1.807) is 11.3 Å². The van der Waals surface area contributed by atoms with E-state index in [0.717, 1.165) is 28.8 Å². The van der Waals surface area contributed by atoms with Crippen molar-refractivity contribution in [2.45, 2.75) is 27.1 Å². The molecule has 110 valence electrons. The second-order valence-electron chi connectivity index (χ2n) is 5.19. The van der Waals surface area contributed by atoms with E-state index in [4.69, 9.17) is 23.8 Å². The van der Waals surface area contributed by atoms with Gasteiger partial charge in [-0.2, -0.15) is 5.26 Å². The fraction of sp³-hybridized carbons (Fsp3) is 0.333. The van der Waals surface area contributed by atoms with Gasteiger partial charge >= 0.3 is 0 Å². The lowest BCUT2D eigenvalue weighted by atomic mass is 10.1. The number of thiophene rings is 1. The molecule has 0 saturated heterocycles. The van der Waals surface area contributed by atoms with E-state index >= 15 is 0 Å². The summed E-state index contributed by atoms with van der Waals surface area (Å²) >= 11 is 13.0. The van der Waals surface area contributed by atoms with Crippen molar-refractivity contribution < 1.29 is 4.90 Å². The largest absolute Gasteiger partial charge is 0.316 e. The van der Waals surface area contributed by atoms with Gasteiger partial charge in [-0.05, 0) is 37.6 Å². The van der Waals surface area contributed by atoms with E-state index < -0.39 is 0 Å². The van der Waals surface area contributed by atoms with Crippen LogP contribution >= 0.6 is 35.2 Å². The number of nitrogens with one attached hydrogen (secondary N) is 1. The normalized spacial score (nSPS) is 12.1. The first-order valence-electron chi connectivity index (χ1n) is 6.59. The third-order valence-corrected chi connectivity index (χ3v) is 5.00. The van der Waals surface area contributed by atoms with Crippen molar-refractivity contribution in [1.29, 1.82) is 5.26 Å². The number of quaternary nitrogens is 1. The molecule has 2 aromatic rings. The summed E-state index contributed by atoms with van der Waals surface area (Å²) in [6, 6.07) is 8.20. The minimum Gasteiger partial charge on any atom is -0.316 e. The predicted molar refractivity (Wildman–Crippen MR) is 89.4 cm³/mol. The molecule has 2 aromatic heterocycles. The molecule has 1 N–H and O–H groups in total. The van der Waals surface area contributed by atoms with Crippen molar-refractivity contribution in [2.75, 3.05) is 7.05 Å². The highest BCUT2D eigenvalue weighted by atomic mass is 35.5. The number of hydrogen-bond acceptors (Lipinski definition) is 3. The van der Waals surface area contributed by atoms with E-state index in [2.05, 4.69) is 19.2 Å². The van der Waals surface area contributed by atoms with E-state index in [9.17, 15) is 5.26 Å². The number of nitrogens with zero attached hydrogens (tertiary/aromatic N) is 2. The van der Waals surface area contributed by atoms with Crippen molar-refractivity contribution in [3.63, 3.8) is 0 Å². The van der Waals surface area contributed by atoms with Gasteiger partial charge in [0.15, 0.2) is 6.67 Å². The van der Waals surface area contributed by atoms with Gasteiger partial charge in [0, 0.05) is 5.69 Å². The first kappa shape index (κ1) is 16.2. The maximum Gasteiger partial charge on any atom is 0.157 e. The smallest absolute Gasteiger partial charge is 0.157 e. The van der Waals surface area contributed by atoms with Crippen LogP contribution < -0.4 is 4.90 Å².